The molecule has 5 nitrogen and oxygen atoms in total. The van der Waals surface area contributed by atoms with Gasteiger partial charge in [-0.05, 0) is 31.5 Å². The standard InChI is InChI=1S/C11H27NO4Si2/c1-11(17(13-2)14-3)7-9-12-8-6-10-18(12,15-4)16-5/h11,17H,6-10H2,1-5H3. The zero-order valence-corrected chi connectivity index (χ0v) is 14.4. The second kappa shape index (κ2) is 7.73. The van der Waals surface area contributed by atoms with Crippen molar-refractivity contribution in [3.8, 4) is 0 Å². The predicted molar refractivity (Wildman–Crippen MR) is 76.0 cm³/mol. The quantitative estimate of drug-likeness (QED) is 0.629. The third-order valence-corrected chi connectivity index (χ3v) is 9.69. The molecule has 1 aliphatic heterocycles. The molecule has 7 heteroatoms. The molecule has 1 fully saturated rings. The largest absolute Gasteiger partial charge is 0.427 e. The number of hydrogen-bond donors (Lipinski definition) is 0. The Morgan fingerprint density at radius 2 is 1.78 bits per heavy atom. The molecular formula is C11H27NO4Si2. The Bertz CT molecular complexity index is 237. The fourth-order valence-corrected chi connectivity index (χ4v) is 7.23. The first kappa shape index (κ1) is 16.3. The summed E-state index contributed by atoms with van der Waals surface area (Å²) >= 11 is 0. The van der Waals surface area contributed by atoms with Crippen molar-refractivity contribution in [1.29, 1.82) is 0 Å². The van der Waals surface area contributed by atoms with Crippen LogP contribution in [0.4, 0.5) is 0 Å². The molecule has 0 N–H and O–H groups in total. The lowest BCUT2D eigenvalue weighted by atomic mass is 10.3. The van der Waals surface area contributed by atoms with Crippen molar-refractivity contribution in [2.24, 2.45) is 0 Å². The minimum atomic E-state index is -2.06. The Hall–Kier alpha value is 0.234. The molecule has 1 saturated heterocycles. The zero-order chi connectivity index (χ0) is 13.6. The zero-order valence-electron chi connectivity index (χ0n) is 12.3. The van der Waals surface area contributed by atoms with Gasteiger partial charge in [0.1, 0.15) is 0 Å². The van der Waals surface area contributed by atoms with Crippen LogP contribution >= 0.6 is 0 Å². The maximum Gasteiger partial charge on any atom is 0.427 e. The van der Waals surface area contributed by atoms with Crippen LogP contribution in [0.1, 0.15) is 19.8 Å². The molecule has 0 aromatic carbocycles. The lowest BCUT2D eigenvalue weighted by Gasteiger charge is -2.33. The lowest BCUT2D eigenvalue weighted by molar-refractivity contribution is 0.180. The normalized spacial score (nSPS) is 21.7. The highest BCUT2D eigenvalue weighted by atomic mass is 28.4. The van der Waals surface area contributed by atoms with Gasteiger partial charge in [-0.2, -0.15) is 0 Å². The van der Waals surface area contributed by atoms with E-state index in [1.807, 2.05) is 0 Å². The van der Waals surface area contributed by atoms with E-state index < -0.39 is 18.0 Å². The molecular weight excluding hydrogens is 266 g/mol. The Labute approximate surface area is 114 Å². The Kier molecular flexibility index (Phi) is 7.00. The summed E-state index contributed by atoms with van der Waals surface area (Å²) in [5.41, 5.74) is 0.501. The van der Waals surface area contributed by atoms with Crippen molar-refractivity contribution in [3.63, 3.8) is 0 Å². The van der Waals surface area contributed by atoms with Gasteiger partial charge >= 0.3 is 18.0 Å². The van der Waals surface area contributed by atoms with Gasteiger partial charge in [0.15, 0.2) is 0 Å². The molecule has 1 unspecified atom stereocenters. The highest BCUT2D eigenvalue weighted by molar-refractivity contribution is 6.65. The fourth-order valence-electron chi connectivity index (χ4n) is 2.71. The van der Waals surface area contributed by atoms with Crippen molar-refractivity contribution in [1.82, 2.24) is 4.57 Å². The van der Waals surface area contributed by atoms with Crippen LogP contribution in [0, 0.1) is 0 Å². The SMILES string of the molecule is CO[SiH](OC)C(C)CCN1CCC[Si]1(OC)OC. The molecule has 0 bridgehead atoms. The van der Waals surface area contributed by atoms with E-state index in [1.54, 1.807) is 28.4 Å². The molecule has 1 atom stereocenters. The van der Waals surface area contributed by atoms with Gasteiger partial charge in [0.25, 0.3) is 0 Å². The van der Waals surface area contributed by atoms with Crippen molar-refractivity contribution in [2.45, 2.75) is 31.4 Å². The summed E-state index contributed by atoms with van der Waals surface area (Å²) in [7, 11) is 3.48. The van der Waals surface area contributed by atoms with Gasteiger partial charge in [0.2, 0.25) is 0 Å². The second-order valence-corrected chi connectivity index (χ2v) is 11.0. The van der Waals surface area contributed by atoms with Gasteiger partial charge in [-0.1, -0.05) is 6.92 Å². The van der Waals surface area contributed by atoms with E-state index in [-0.39, 0.29) is 0 Å². The average molecular weight is 294 g/mol. The molecule has 1 aliphatic rings. The maximum atomic E-state index is 5.70. The topological polar surface area (TPSA) is 40.2 Å². The van der Waals surface area contributed by atoms with Crippen LogP contribution in [0.3, 0.4) is 0 Å². The molecule has 0 radical (unpaired) electrons. The Morgan fingerprint density at radius 3 is 2.28 bits per heavy atom. The van der Waals surface area contributed by atoms with Crippen molar-refractivity contribution >= 4 is 18.0 Å². The Balaban J connectivity index is 2.47. The van der Waals surface area contributed by atoms with E-state index in [0.717, 1.165) is 25.6 Å². The molecule has 0 saturated carbocycles. The molecule has 0 amide bonds. The van der Waals surface area contributed by atoms with Crippen LogP contribution in [0.2, 0.25) is 11.6 Å². The van der Waals surface area contributed by atoms with Gasteiger partial charge in [-0.25, -0.2) is 0 Å². The van der Waals surface area contributed by atoms with Crippen LogP contribution in [0.5, 0.6) is 0 Å². The van der Waals surface area contributed by atoms with Crippen LogP contribution in [-0.4, -0.2) is 64.1 Å². The predicted octanol–water partition coefficient (Wildman–Crippen LogP) is 1.22. The van der Waals surface area contributed by atoms with Crippen molar-refractivity contribution in [3.05, 3.63) is 0 Å². The summed E-state index contributed by atoms with van der Waals surface area (Å²) in [5, 5.41) is 0. The van der Waals surface area contributed by atoms with Gasteiger partial charge in [0.05, 0.1) is 0 Å². The first-order valence-corrected chi connectivity index (χ1v) is 10.1. The molecule has 0 aliphatic carbocycles. The molecule has 0 aromatic rings. The molecule has 108 valence electrons. The molecule has 1 heterocycles. The summed E-state index contributed by atoms with van der Waals surface area (Å²) in [6.07, 6.45) is 2.26. The van der Waals surface area contributed by atoms with E-state index in [4.69, 9.17) is 17.7 Å². The summed E-state index contributed by atoms with van der Waals surface area (Å²) in [5.74, 6) is 0. The monoisotopic (exact) mass is 293 g/mol. The summed E-state index contributed by atoms with van der Waals surface area (Å²) in [6.45, 7) is 4.32. The maximum absolute atomic E-state index is 5.70. The van der Waals surface area contributed by atoms with Crippen LogP contribution in [-0.2, 0) is 17.7 Å². The third kappa shape index (κ3) is 3.63. The number of nitrogens with zero attached hydrogens (tertiary/aromatic N) is 1. The fraction of sp³-hybridized carbons (Fsp3) is 1.00. The summed E-state index contributed by atoms with van der Waals surface area (Å²) < 4.78 is 24.7. The van der Waals surface area contributed by atoms with E-state index in [9.17, 15) is 0 Å². The van der Waals surface area contributed by atoms with E-state index in [1.165, 1.54) is 6.42 Å². The van der Waals surface area contributed by atoms with Crippen molar-refractivity contribution < 1.29 is 17.7 Å². The van der Waals surface area contributed by atoms with Gasteiger partial charge in [0, 0.05) is 34.5 Å². The van der Waals surface area contributed by atoms with E-state index >= 15 is 0 Å². The van der Waals surface area contributed by atoms with Crippen LogP contribution in [0.25, 0.3) is 0 Å². The number of rotatable bonds is 8. The van der Waals surface area contributed by atoms with Crippen LogP contribution < -0.4 is 0 Å². The van der Waals surface area contributed by atoms with E-state index in [0.29, 0.717) is 5.54 Å². The molecule has 18 heavy (non-hydrogen) atoms. The third-order valence-electron chi connectivity index (χ3n) is 3.82. The highest BCUT2D eigenvalue weighted by Crippen LogP contribution is 2.28. The number of hydrogen-bond acceptors (Lipinski definition) is 5. The molecule has 0 aromatic heterocycles. The first-order chi connectivity index (χ1) is 8.63. The van der Waals surface area contributed by atoms with Crippen molar-refractivity contribution in [2.75, 3.05) is 41.5 Å². The molecule has 0 spiro atoms. The lowest BCUT2D eigenvalue weighted by Crippen LogP contribution is -2.53. The minimum Gasteiger partial charge on any atom is -0.400 e. The minimum absolute atomic E-state index is 0.501. The average Bonchev–Trinajstić information content (AvgIpc) is 2.81. The summed E-state index contributed by atoms with van der Waals surface area (Å²) in [6, 6.07) is 1.07. The smallest absolute Gasteiger partial charge is 0.400 e. The summed E-state index contributed by atoms with van der Waals surface area (Å²) in [4.78, 5) is 0. The van der Waals surface area contributed by atoms with E-state index in [2.05, 4.69) is 11.5 Å². The van der Waals surface area contributed by atoms with Crippen LogP contribution in [0.15, 0.2) is 0 Å². The molecule has 1 rings (SSSR count). The Morgan fingerprint density at radius 1 is 1.17 bits per heavy atom. The van der Waals surface area contributed by atoms with Gasteiger partial charge in [-0.15, -0.1) is 0 Å². The van der Waals surface area contributed by atoms with Gasteiger partial charge < -0.3 is 17.7 Å². The highest BCUT2D eigenvalue weighted by Gasteiger charge is 2.47. The first-order valence-electron chi connectivity index (χ1n) is 6.54. The van der Waals surface area contributed by atoms with Gasteiger partial charge in [-0.3, -0.25) is 4.57 Å². The second-order valence-electron chi connectivity index (χ2n) is 4.82.